The van der Waals surface area contributed by atoms with E-state index < -0.39 is 17.7 Å². The van der Waals surface area contributed by atoms with Crippen LogP contribution >= 0.6 is 0 Å². The van der Waals surface area contributed by atoms with Gasteiger partial charge in [-0.05, 0) is 31.9 Å². The van der Waals surface area contributed by atoms with Gasteiger partial charge in [-0.25, -0.2) is 8.78 Å². The molecule has 1 heterocycles. The second-order valence-corrected chi connectivity index (χ2v) is 4.28. The molecule has 0 saturated carbocycles. The van der Waals surface area contributed by atoms with Gasteiger partial charge in [-0.1, -0.05) is 0 Å². The summed E-state index contributed by atoms with van der Waals surface area (Å²) < 4.78 is 26.7. The van der Waals surface area contributed by atoms with E-state index in [-0.39, 0.29) is 5.56 Å². The molecule has 0 amide bonds. The number of hydrogen-bond acceptors (Lipinski definition) is 2. The highest BCUT2D eigenvalue weighted by molar-refractivity contribution is 5.49. The molecule has 0 aliphatic carbocycles. The first kappa shape index (κ1) is 11.3. The van der Waals surface area contributed by atoms with Gasteiger partial charge in [0.1, 0.15) is 11.6 Å². The zero-order chi connectivity index (χ0) is 11.7. The third-order valence-electron chi connectivity index (χ3n) is 3.03. The van der Waals surface area contributed by atoms with Crippen molar-refractivity contribution in [2.24, 2.45) is 0 Å². The molecule has 0 bridgehead atoms. The van der Waals surface area contributed by atoms with Gasteiger partial charge < -0.3 is 10.0 Å². The van der Waals surface area contributed by atoms with E-state index >= 15 is 0 Å². The van der Waals surface area contributed by atoms with Crippen molar-refractivity contribution in [2.75, 3.05) is 18.0 Å². The van der Waals surface area contributed by atoms with Crippen molar-refractivity contribution in [1.82, 2.24) is 0 Å². The molecule has 1 aliphatic heterocycles. The number of halogens is 2. The smallest absolute Gasteiger partial charge is 0.131 e. The van der Waals surface area contributed by atoms with Crippen LogP contribution in [0.2, 0.25) is 0 Å². The number of benzene rings is 1. The molecule has 0 aromatic heterocycles. The number of β-amino-alcohol motifs (C(OH)–C–C–N with tert-alkyl or cyclic N) is 1. The van der Waals surface area contributed by atoms with E-state index in [0.29, 0.717) is 12.2 Å². The van der Waals surface area contributed by atoms with Crippen molar-refractivity contribution < 1.29 is 13.9 Å². The van der Waals surface area contributed by atoms with Gasteiger partial charge in [0.2, 0.25) is 0 Å². The van der Waals surface area contributed by atoms with Crippen molar-refractivity contribution in [3.05, 3.63) is 29.3 Å². The Morgan fingerprint density at radius 3 is 2.50 bits per heavy atom. The zero-order valence-corrected chi connectivity index (χ0v) is 9.21. The maximum atomic E-state index is 13.4. The molecule has 88 valence electrons. The third kappa shape index (κ3) is 2.16. The van der Waals surface area contributed by atoms with Gasteiger partial charge in [0, 0.05) is 24.3 Å². The van der Waals surface area contributed by atoms with Crippen LogP contribution in [0.4, 0.5) is 14.5 Å². The Morgan fingerprint density at radius 1 is 1.31 bits per heavy atom. The van der Waals surface area contributed by atoms with Crippen LogP contribution in [0.15, 0.2) is 12.1 Å². The van der Waals surface area contributed by atoms with E-state index in [9.17, 15) is 13.9 Å². The highest BCUT2D eigenvalue weighted by Gasteiger charge is 2.19. The van der Waals surface area contributed by atoms with E-state index in [2.05, 4.69) is 0 Å². The van der Waals surface area contributed by atoms with E-state index in [4.69, 9.17) is 0 Å². The van der Waals surface area contributed by atoms with Crippen LogP contribution in [0.3, 0.4) is 0 Å². The van der Waals surface area contributed by atoms with Crippen molar-refractivity contribution in [3.63, 3.8) is 0 Å². The van der Waals surface area contributed by atoms with Crippen LogP contribution in [0.5, 0.6) is 0 Å². The van der Waals surface area contributed by atoms with Gasteiger partial charge in [-0.15, -0.1) is 0 Å². The average molecular weight is 227 g/mol. The van der Waals surface area contributed by atoms with Gasteiger partial charge in [0.25, 0.3) is 0 Å². The molecule has 4 heteroatoms. The normalized spacial score (nSPS) is 21.2. The fourth-order valence-electron chi connectivity index (χ4n) is 2.00. The lowest BCUT2D eigenvalue weighted by atomic mass is 10.1. The molecule has 2 nitrogen and oxygen atoms in total. The van der Waals surface area contributed by atoms with Crippen LogP contribution in [-0.4, -0.2) is 24.3 Å². The molecule has 1 N–H and O–H groups in total. The summed E-state index contributed by atoms with van der Waals surface area (Å²) in [6, 6.07) is 2.66. The maximum Gasteiger partial charge on any atom is 0.131 e. The predicted octanol–water partition coefficient (Wildman–Crippen LogP) is 2.23. The number of aliphatic hydroxyl groups is 1. The van der Waals surface area contributed by atoms with Crippen molar-refractivity contribution in [2.45, 2.75) is 25.9 Å². The number of rotatable bonds is 1. The molecule has 1 aromatic rings. The van der Waals surface area contributed by atoms with Crippen molar-refractivity contribution >= 4 is 5.69 Å². The maximum absolute atomic E-state index is 13.4. The lowest BCUT2D eigenvalue weighted by Gasteiger charge is -2.32. The van der Waals surface area contributed by atoms with Gasteiger partial charge in [0.05, 0.1) is 6.10 Å². The van der Waals surface area contributed by atoms with Crippen LogP contribution in [-0.2, 0) is 0 Å². The molecule has 1 atom stereocenters. The molecule has 0 spiro atoms. The summed E-state index contributed by atoms with van der Waals surface area (Å²) in [4.78, 5) is 1.82. The molecule has 1 aliphatic rings. The second-order valence-electron chi connectivity index (χ2n) is 4.28. The minimum Gasteiger partial charge on any atom is -0.391 e. The molecule has 2 rings (SSSR count). The van der Waals surface area contributed by atoms with Crippen LogP contribution in [0.25, 0.3) is 0 Å². The SMILES string of the molecule is Cc1c(F)cc(N2CCC[C@@H](O)C2)cc1F. The molecule has 0 radical (unpaired) electrons. The Hall–Kier alpha value is -1.16. The largest absolute Gasteiger partial charge is 0.391 e. The fraction of sp³-hybridized carbons (Fsp3) is 0.500. The Morgan fingerprint density at radius 2 is 1.94 bits per heavy atom. The topological polar surface area (TPSA) is 23.5 Å². The molecule has 16 heavy (non-hydrogen) atoms. The van der Waals surface area contributed by atoms with E-state index in [1.54, 1.807) is 0 Å². The number of anilines is 1. The minimum absolute atomic E-state index is 0.0429. The van der Waals surface area contributed by atoms with E-state index in [1.165, 1.54) is 19.1 Å². The number of piperidine rings is 1. The van der Waals surface area contributed by atoms with Crippen LogP contribution < -0.4 is 4.90 Å². The zero-order valence-electron chi connectivity index (χ0n) is 9.21. The molecule has 1 aromatic carbocycles. The third-order valence-corrected chi connectivity index (χ3v) is 3.03. The number of nitrogens with zero attached hydrogens (tertiary/aromatic N) is 1. The summed E-state index contributed by atoms with van der Waals surface area (Å²) in [5.41, 5.74) is 0.556. The van der Waals surface area contributed by atoms with E-state index in [0.717, 1.165) is 19.4 Å². The number of aliphatic hydroxyl groups excluding tert-OH is 1. The Balaban J connectivity index is 2.26. The molecule has 1 saturated heterocycles. The fourth-order valence-corrected chi connectivity index (χ4v) is 2.00. The highest BCUT2D eigenvalue weighted by atomic mass is 19.1. The summed E-state index contributed by atoms with van der Waals surface area (Å²) in [5, 5.41) is 9.50. The van der Waals surface area contributed by atoms with Crippen molar-refractivity contribution in [3.8, 4) is 0 Å². The standard InChI is InChI=1S/C12H15F2NO/c1-8-11(13)5-9(6-12(8)14)15-4-2-3-10(16)7-15/h5-6,10,16H,2-4,7H2,1H3/t10-/m1/s1. The summed E-state index contributed by atoms with van der Waals surface area (Å²) in [6.45, 7) is 2.60. The second kappa shape index (κ2) is 4.37. The Bertz CT molecular complexity index is 372. The summed E-state index contributed by atoms with van der Waals surface area (Å²) in [7, 11) is 0. The van der Waals surface area contributed by atoms with E-state index in [1.807, 2.05) is 4.90 Å². The Kier molecular flexibility index (Phi) is 3.10. The first-order chi connectivity index (χ1) is 7.58. The molecular weight excluding hydrogens is 212 g/mol. The van der Waals surface area contributed by atoms with Crippen LogP contribution in [0.1, 0.15) is 18.4 Å². The van der Waals surface area contributed by atoms with Gasteiger partial charge in [0.15, 0.2) is 0 Å². The average Bonchev–Trinajstić information content (AvgIpc) is 2.25. The Labute approximate surface area is 93.5 Å². The van der Waals surface area contributed by atoms with Crippen molar-refractivity contribution in [1.29, 1.82) is 0 Å². The summed E-state index contributed by atoms with van der Waals surface area (Å²) in [6.07, 6.45) is 1.20. The monoisotopic (exact) mass is 227 g/mol. The highest BCUT2D eigenvalue weighted by Crippen LogP contribution is 2.24. The summed E-state index contributed by atoms with van der Waals surface area (Å²) in [5.74, 6) is -1.06. The molecule has 1 fully saturated rings. The number of hydrogen-bond donors (Lipinski definition) is 1. The molecular formula is C12H15F2NO. The molecule has 0 unspecified atom stereocenters. The lowest BCUT2D eigenvalue weighted by molar-refractivity contribution is 0.154. The predicted molar refractivity (Wildman–Crippen MR) is 58.5 cm³/mol. The van der Waals surface area contributed by atoms with Gasteiger partial charge >= 0.3 is 0 Å². The quantitative estimate of drug-likeness (QED) is 0.795. The van der Waals surface area contributed by atoms with Gasteiger partial charge in [-0.2, -0.15) is 0 Å². The van der Waals surface area contributed by atoms with Gasteiger partial charge in [-0.3, -0.25) is 0 Å². The minimum atomic E-state index is -0.532. The first-order valence-corrected chi connectivity index (χ1v) is 5.46. The first-order valence-electron chi connectivity index (χ1n) is 5.46. The lowest BCUT2D eigenvalue weighted by Crippen LogP contribution is -2.38. The summed E-state index contributed by atoms with van der Waals surface area (Å²) >= 11 is 0. The van der Waals surface area contributed by atoms with Crippen LogP contribution in [0, 0.1) is 18.6 Å².